The number of hydrogen-bond donors (Lipinski definition) is 1. The number of nitrogens with two attached hydrogens (primary N) is 1. The topological polar surface area (TPSA) is 39.1 Å². The van der Waals surface area contributed by atoms with Crippen LogP contribution in [0.15, 0.2) is 60.9 Å². The normalized spacial score (nSPS) is 11.2. The van der Waals surface area contributed by atoms with Crippen LogP contribution in [0.1, 0.15) is 11.1 Å². The van der Waals surface area contributed by atoms with Gasteiger partial charge in [-0.3, -0.25) is 0 Å². The molecule has 0 aliphatic rings. The minimum atomic E-state index is 0.646. The van der Waals surface area contributed by atoms with E-state index in [9.17, 15) is 0 Å². The van der Waals surface area contributed by atoms with Crippen molar-refractivity contribution < 1.29 is 9.30 Å². The molecule has 0 fully saturated rings. The summed E-state index contributed by atoms with van der Waals surface area (Å²) < 4.78 is 7.60. The molecule has 0 saturated heterocycles. The summed E-state index contributed by atoms with van der Waals surface area (Å²) in [5.74, 6) is 0.883. The van der Waals surface area contributed by atoms with Crippen LogP contribution >= 0.6 is 0 Å². The molecule has 0 unspecified atom stereocenters. The van der Waals surface area contributed by atoms with Crippen molar-refractivity contribution in [2.75, 3.05) is 13.7 Å². The first kappa shape index (κ1) is 15.3. The van der Waals surface area contributed by atoms with E-state index in [2.05, 4.69) is 59.2 Å². The summed E-state index contributed by atoms with van der Waals surface area (Å²) in [4.78, 5) is 0. The third-order valence-electron chi connectivity index (χ3n) is 3.90. The van der Waals surface area contributed by atoms with Crippen LogP contribution in [0.3, 0.4) is 0 Å². The van der Waals surface area contributed by atoms with E-state index in [4.69, 9.17) is 10.5 Å². The zero-order valence-corrected chi connectivity index (χ0v) is 13.3. The van der Waals surface area contributed by atoms with E-state index in [1.165, 1.54) is 10.8 Å². The number of fused-ring (bicyclic) bond motifs is 1. The van der Waals surface area contributed by atoms with Gasteiger partial charge in [0.15, 0.2) is 18.9 Å². The first-order valence-electron chi connectivity index (χ1n) is 7.75. The van der Waals surface area contributed by atoms with E-state index in [1.807, 2.05) is 18.5 Å². The van der Waals surface area contributed by atoms with Crippen LogP contribution in [-0.4, -0.2) is 13.7 Å². The molecule has 116 valence electrons. The molecule has 3 aromatic rings. The Labute approximate surface area is 136 Å². The van der Waals surface area contributed by atoms with Gasteiger partial charge >= 0.3 is 0 Å². The van der Waals surface area contributed by atoms with Gasteiger partial charge in [0.2, 0.25) is 0 Å². The van der Waals surface area contributed by atoms with Crippen LogP contribution in [-0.2, 0) is 6.54 Å². The zero-order valence-electron chi connectivity index (χ0n) is 13.3. The Morgan fingerprint density at radius 1 is 1.00 bits per heavy atom. The van der Waals surface area contributed by atoms with Crippen LogP contribution in [0.25, 0.3) is 22.9 Å². The molecule has 1 aromatic heterocycles. The van der Waals surface area contributed by atoms with Gasteiger partial charge in [-0.15, -0.1) is 0 Å². The number of rotatable bonds is 5. The number of methoxy groups -OCH3 is 1. The Bertz CT molecular complexity index is 823. The Kier molecular flexibility index (Phi) is 4.69. The van der Waals surface area contributed by atoms with Crippen molar-refractivity contribution in [1.29, 1.82) is 0 Å². The van der Waals surface area contributed by atoms with Gasteiger partial charge in [0.1, 0.15) is 5.75 Å². The smallest absolute Gasteiger partial charge is 0.169 e. The maximum Gasteiger partial charge on any atom is 0.169 e. The molecular weight excluding hydrogens is 284 g/mol. The molecule has 3 nitrogen and oxygen atoms in total. The molecule has 1 heterocycles. The number of nitrogens with zero attached hydrogens (tertiary/aromatic N) is 1. The second kappa shape index (κ2) is 7.07. The van der Waals surface area contributed by atoms with Crippen molar-refractivity contribution in [3.05, 3.63) is 72.1 Å². The largest absolute Gasteiger partial charge is 0.496 e. The Morgan fingerprint density at radius 2 is 1.78 bits per heavy atom. The van der Waals surface area contributed by atoms with Gasteiger partial charge in [0.05, 0.1) is 13.7 Å². The van der Waals surface area contributed by atoms with Gasteiger partial charge in [0.25, 0.3) is 0 Å². The van der Waals surface area contributed by atoms with Crippen molar-refractivity contribution in [3.63, 3.8) is 0 Å². The lowest BCUT2D eigenvalue weighted by Gasteiger charge is -2.08. The van der Waals surface area contributed by atoms with Crippen molar-refractivity contribution in [3.8, 4) is 5.75 Å². The lowest BCUT2D eigenvalue weighted by molar-refractivity contribution is -0.694. The van der Waals surface area contributed by atoms with E-state index in [0.29, 0.717) is 6.54 Å². The summed E-state index contributed by atoms with van der Waals surface area (Å²) in [7, 11) is 1.71. The van der Waals surface area contributed by atoms with E-state index < -0.39 is 0 Å². The predicted molar refractivity (Wildman–Crippen MR) is 95.1 cm³/mol. The number of aromatic nitrogens is 1. The number of pyridine rings is 1. The number of hydrogen-bond acceptors (Lipinski definition) is 2. The first-order chi connectivity index (χ1) is 11.3. The summed E-state index contributed by atoms with van der Waals surface area (Å²) in [5, 5.41) is 2.40. The van der Waals surface area contributed by atoms with E-state index in [-0.39, 0.29) is 0 Å². The molecule has 0 spiro atoms. The van der Waals surface area contributed by atoms with Gasteiger partial charge in [-0.05, 0) is 22.4 Å². The van der Waals surface area contributed by atoms with Crippen molar-refractivity contribution in [1.82, 2.24) is 0 Å². The van der Waals surface area contributed by atoms with Crippen LogP contribution in [0.5, 0.6) is 5.75 Å². The molecule has 2 aromatic carbocycles. The molecular formula is C20H21N2O+. The number of benzene rings is 2. The minimum Gasteiger partial charge on any atom is -0.496 e. The van der Waals surface area contributed by atoms with E-state index in [1.54, 1.807) is 7.11 Å². The second-order valence-corrected chi connectivity index (χ2v) is 5.39. The maximum atomic E-state index is 5.57. The molecule has 0 amide bonds. The molecule has 0 aliphatic carbocycles. The predicted octanol–water partition coefficient (Wildman–Crippen LogP) is 3.27. The maximum absolute atomic E-state index is 5.57. The molecule has 0 aliphatic heterocycles. The van der Waals surface area contributed by atoms with Crippen molar-refractivity contribution in [2.45, 2.75) is 6.54 Å². The fraction of sp³-hybridized carbons (Fsp3) is 0.150. The summed E-state index contributed by atoms with van der Waals surface area (Å²) in [6, 6.07) is 16.6. The Balaban J connectivity index is 1.96. The fourth-order valence-electron chi connectivity index (χ4n) is 2.68. The molecule has 23 heavy (non-hydrogen) atoms. The first-order valence-corrected chi connectivity index (χ1v) is 7.75. The zero-order chi connectivity index (χ0) is 16.1. The van der Waals surface area contributed by atoms with Crippen LogP contribution < -0.4 is 15.0 Å². The molecule has 0 saturated carbocycles. The van der Waals surface area contributed by atoms with Gasteiger partial charge < -0.3 is 10.5 Å². The van der Waals surface area contributed by atoms with Crippen molar-refractivity contribution in [2.24, 2.45) is 5.73 Å². The van der Waals surface area contributed by atoms with Gasteiger partial charge in [-0.1, -0.05) is 42.5 Å². The molecule has 0 radical (unpaired) electrons. The quantitative estimate of drug-likeness (QED) is 0.735. The van der Waals surface area contributed by atoms with Crippen LogP contribution in [0.4, 0.5) is 0 Å². The minimum absolute atomic E-state index is 0.646. The molecule has 2 N–H and O–H groups in total. The molecule has 3 rings (SSSR count). The lowest BCUT2D eigenvalue weighted by Crippen LogP contribution is -2.36. The number of ether oxygens (including phenoxy) is 1. The fourth-order valence-corrected chi connectivity index (χ4v) is 2.68. The van der Waals surface area contributed by atoms with Crippen LogP contribution in [0, 0.1) is 0 Å². The highest BCUT2D eigenvalue weighted by molar-refractivity contribution is 5.95. The van der Waals surface area contributed by atoms with E-state index in [0.717, 1.165) is 23.4 Å². The van der Waals surface area contributed by atoms with Gasteiger partial charge in [-0.25, -0.2) is 4.57 Å². The summed E-state index contributed by atoms with van der Waals surface area (Å²) in [6.07, 6.45) is 8.32. The third kappa shape index (κ3) is 3.41. The highest BCUT2D eigenvalue weighted by atomic mass is 16.5. The average Bonchev–Trinajstić information content (AvgIpc) is 2.61. The Morgan fingerprint density at radius 3 is 2.52 bits per heavy atom. The average molecular weight is 305 g/mol. The summed E-state index contributed by atoms with van der Waals surface area (Å²) in [5.41, 5.74) is 7.82. The van der Waals surface area contributed by atoms with Crippen molar-refractivity contribution >= 4 is 22.9 Å². The Hall–Kier alpha value is -2.65. The highest BCUT2D eigenvalue weighted by Crippen LogP contribution is 2.29. The third-order valence-corrected chi connectivity index (χ3v) is 3.90. The van der Waals surface area contributed by atoms with E-state index >= 15 is 0 Å². The lowest BCUT2D eigenvalue weighted by atomic mass is 10.0. The summed E-state index contributed by atoms with van der Waals surface area (Å²) in [6.45, 7) is 1.48. The molecule has 3 heteroatoms. The molecule has 0 atom stereocenters. The van der Waals surface area contributed by atoms with Gasteiger partial charge in [0, 0.05) is 17.7 Å². The second-order valence-electron chi connectivity index (χ2n) is 5.39. The SMILES string of the molecule is COc1ccc2ccccc2c1/C=C/c1cc[n+](CCN)cc1. The molecule has 0 bridgehead atoms. The van der Waals surface area contributed by atoms with Gasteiger partial charge in [-0.2, -0.15) is 0 Å². The standard InChI is InChI=1S/C20H21N2O/c1-23-20-9-7-17-4-2-3-5-18(17)19(20)8-6-16-10-13-22(14-11-16)15-12-21/h2-11,13-14H,12,15,21H2,1H3/q+1/b8-6+. The van der Waals surface area contributed by atoms with Crippen LogP contribution in [0.2, 0.25) is 0 Å². The highest BCUT2D eigenvalue weighted by Gasteiger charge is 2.05. The summed E-state index contributed by atoms with van der Waals surface area (Å²) >= 11 is 0. The monoisotopic (exact) mass is 305 g/mol.